The normalized spacial score (nSPS) is 12.8. The average molecular weight is 1080 g/mol. The summed E-state index contributed by atoms with van der Waals surface area (Å²) in [5.74, 6) is 1.61. The van der Waals surface area contributed by atoms with Crippen LogP contribution >= 0.6 is 112 Å². The molecule has 3 nitrogen and oxygen atoms in total. The lowest BCUT2D eigenvalue weighted by molar-refractivity contribution is 0.121. The van der Waals surface area contributed by atoms with Crippen molar-refractivity contribution in [2.24, 2.45) is 0 Å². The molecule has 0 bridgehead atoms. The van der Waals surface area contributed by atoms with Crippen LogP contribution in [0.15, 0.2) is 42.2 Å². The quantitative estimate of drug-likeness (QED) is 0.0694. The van der Waals surface area contributed by atoms with Crippen LogP contribution in [0.2, 0.25) is 0 Å². The number of benzene rings is 2. The van der Waals surface area contributed by atoms with E-state index in [4.69, 9.17) is 14.2 Å². The summed E-state index contributed by atoms with van der Waals surface area (Å²) in [5.41, 5.74) is 2.33. The zero-order valence-corrected chi connectivity index (χ0v) is 37.6. The molecule has 0 aliphatic rings. The van der Waals surface area contributed by atoms with Crippen LogP contribution in [0.3, 0.4) is 0 Å². The molecular weight excluding hydrogens is 1030 g/mol. The van der Waals surface area contributed by atoms with Gasteiger partial charge in [0.2, 0.25) is 0 Å². The van der Waals surface area contributed by atoms with Crippen LogP contribution in [0, 0.1) is 0 Å². The number of hydrogen-bond acceptors (Lipinski definition) is 3. The van der Waals surface area contributed by atoms with Gasteiger partial charge in [0.25, 0.3) is 0 Å². The molecule has 2 atom stereocenters. The summed E-state index contributed by atoms with van der Waals surface area (Å²) in [6, 6.07) is 8.45. The molecular formula is C35H49Br7O3. The first-order chi connectivity index (χ1) is 21.7. The molecule has 0 radical (unpaired) electrons. The summed E-state index contributed by atoms with van der Waals surface area (Å²) < 4.78 is 21.8. The summed E-state index contributed by atoms with van der Waals surface area (Å²) in [4.78, 5) is 0.380. The number of halogens is 7. The van der Waals surface area contributed by atoms with Crippen molar-refractivity contribution in [1.29, 1.82) is 0 Å². The number of hydrogen-bond donors (Lipinski definition) is 0. The van der Waals surface area contributed by atoms with Crippen LogP contribution in [-0.2, 0) is 11.2 Å². The minimum Gasteiger partial charge on any atom is -0.490 e. The standard InChI is InChI=1S/C35H49Br7O3/c1-2-3-4-5-6-7-8-9-10-11-12-13-14-15-16-43-23-29(38)25-45-35-32(41)20-27(21-33(35)42)17-26-18-30(39)34(31(40)19-26)44-24-28(37)22-36/h18-21,28-29H,2-17,22-25H2,1H3. The van der Waals surface area contributed by atoms with Crippen molar-refractivity contribution in [1.82, 2.24) is 0 Å². The van der Waals surface area contributed by atoms with Gasteiger partial charge in [-0.1, -0.05) is 138 Å². The minimum atomic E-state index is 0.132. The molecule has 45 heavy (non-hydrogen) atoms. The second-order valence-electron chi connectivity index (χ2n) is 11.6. The highest BCUT2D eigenvalue weighted by molar-refractivity contribution is 9.12. The highest BCUT2D eigenvalue weighted by Crippen LogP contribution is 2.38. The Morgan fingerprint density at radius 3 is 1.31 bits per heavy atom. The molecule has 2 rings (SSSR count). The summed E-state index contributed by atoms with van der Waals surface area (Å²) in [7, 11) is 0. The zero-order chi connectivity index (χ0) is 32.9. The monoisotopic (exact) mass is 1070 g/mol. The van der Waals surface area contributed by atoms with Gasteiger partial charge in [-0.25, -0.2) is 0 Å². The molecule has 0 N–H and O–H groups in total. The average Bonchev–Trinajstić information content (AvgIpc) is 2.99. The lowest BCUT2D eigenvalue weighted by atomic mass is 10.0. The molecule has 0 fully saturated rings. The fraction of sp³-hybridized carbons (Fsp3) is 0.657. The molecule has 0 aliphatic heterocycles. The zero-order valence-electron chi connectivity index (χ0n) is 26.5. The Hall–Kier alpha value is 1.36. The van der Waals surface area contributed by atoms with Crippen molar-refractivity contribution in [3.8, 4) is 11.5 Å². The summed E-state index contributed by atoms with van der Waals surface area (Å²) in [6.07, 6.45) is 20.0. The number of unbranched alkanes of at least 4 members (excludes halogenated alkanes) is 13. The number of rotatable bonds is 26. The molecule has 2 unspecified atom stereocenters. The van der Waals surface area contributed by atoms with Gasteiger partial charge in [0.05, 0.1) is 34.2 Å². The first kappa shape index (κ1) is 42.5. The third kappa shape index (κ3) is 18.8. The van der Waals surface area contributed by atoms with E-state index in [9.17, 15) is 0 Å². The van der Waals surface area contributed by atoms with Crippen molar-refractivity contribution >= 4 is 112 Å². The van der Waals surface area contributed by atoms with E-state index in [1.54, 1.807) is 0 Å². The SMILES string of the molecule is CCCCCCCCCCCCCCCCOCC(Br)COc1c(Br)cc(Cc2cc(Br)c(OCC(Br)CBr)c(Br)c2)cc1Br. The van der Waals surface area contributed by atoms with Crippen LogP contribution in [0.1, 0.15) is 108 Å². The third-order valence-electron chi connectivity index (χ3n) is 7.45. The van der Waals surface area contributed by atoms with Gasteiger partial charge in [-0.05, 0) is 112 Å². The van der Waals surface area contributed by atoms with Crippen molar-refractivity contribution in [3.63, 3.8) is 0 Å². The predicted molar refractivity (Wildman–Crippen MR) is 218 cm³/mol. The first-order valence-electron chi connectivity index (χ1n) is 16.4. The molecule has 0 aromatic heterocycles. The van der Waals surface area contributed by atoms with Crippen LogP contribution in [0.5, 0.6) is 11.5 Å². The van der Waals surface area contributed by atoms with Crippen molar-refractivity contribution in [2.45, 2.75) is 113 Å². The molecule has 256 valence electrons. The van der Waals surface area contributed by atoms with Crippen LogP contribution in [0.25, 0.3) is 0 Å². The Kier molecular flexibility index (Phi) is 24.8. The van der Waals surface area contributed by atoms with Gasteiger partial charge in [0, 0.05) is 11.9 Å². The van der Waals surface area contributed by atoms with E-state index in [1.807, 2.05) is 0 Å². The first-order valence-corrected chi connectivity index (χ1v) is 22.5. The Labute approximate surface area is 331 Å². The molecule has 0 amide bonds. The van der Waals surface area contributed by atoms with Gasteiger partial charge in [0.1, 0.15) is 24.7 Å². The number of ether oxygens (including phenoxy) is 3. The van der Waals surface area contributed by atoms with E-state index in [0.29, 0.717) is 19.8 Å². The fourth-order valence-electron chi connectivity index (χ4n) is 4.99. The highest BCUT2D eigenvalue weighted by Gasteiger charge is 2.15. The van der Waals surface area contributed by atoms with E-state index in [-0.39, 0.29) is 9.65 Å². The van der Waals surface area contributed by atoms with E-state index in [2.05, 4.69) is 143 Å². The second-order valence-corrected chi connectivity index (χ2v) is 18.3. The molecule has 2 aromatic carbocycles. The second kappa shape index (κ2) is 26.2. The minimum absolute atomic E-state index is 0.132. The van der Waals surface area contributed by atoms with Crippen LogP contribution < -0.4 is 9.47 Å². The molecule has 0 heterocycles. The summed E-state index contributed by atoms with van der Waals surface area (Å²) >= 11 is 25.6. The Balaban J connectivity index is 1.61. The maximum absolute atomic E-state index is 6.16. The van der Waals surface area contributed by atoms with Gasteiger partial charge in [-0.3, -0.25) is 0 Å². The Morgan fingerprint density at radius 2 is 0.911 bits per heavy atom. The van der Waals surface area contributed by atoms with E-state index in [0.717, 1.165) is 54.2 Å². The summed E-state index contributed by atoms with van der Waals surface area (Å²) in [6.45, 7) is 4.84. The molecule has 0 saturated carbocycles. The summed E-state index contributed by atoms with van der Waals surface area (Å²) in [5, 5.41) is 0.827. The highest BCUT2D eigenvalue weighted by atomic mass is 79.9. The number of alkyl halides is 3. The molecule has 0 aliphatic carbocycles. The van der Waals surface area contributed by atoms with Gasteiger partial charge in [0.15, 0.2) is 0 Å². The topological polar surface area (TPSA) is 27.7 Å². The van der Waals surface area contributed by atoms with Gasteiger partial charge < -0.3 is 14.2 Å². The molecule has 0 saturated heterocycles. The smallest absolute Gasteiger partial charge is 0.147 e. The van der Waals surface area contributed by atoms with E-state index >= 15 is 0 Å². The van der Waals surface area contributed by atoms with E-state index < -0.39 is 0 Å². The molecule has 0 spiro atoms. The van der Waals surface area contributed by atoms with Gasteiger partial charge in [-0.2, -0.15) is 0 Å². The van der Waals surface area contributed by atoms with E-state index in [1.165, 1.54) is 94.6 Å². The largest absolute Gasteiger partial charge is 0.490 e. The van der Waals surface area contributed by atoms with Crippen molar-refractivity contribution in [3.05, 3.63) is 53.3 Å². The third-order valence-corrected chi connectivity index (χ3v) is 12.6. The van der Waals surface area contributed by atoms with Gasteiger partial charge >= 0.3 is 0 Å². The lowest BCUT2D eigenvalue weighted by Gasteiger charge is -2.16. The van der Waals surface area contributed by atoms with Crippen LogP contribution in [-0.4, -0.2) is 41.4 Å². The maximum atomic E-state index is 6.16. The fourth-order valence-corrected chi connectivity index (χ4v) is 8.65. The molecule has 2 aromatic rings. The van der Waals surface area contributed by atoms with Crippen LogP contribution in [0.4, 0.5) is 0 Å². The van der Waals surface area contributed by atoms with Gasteiger partial charge in [-0.15, -0.1) is 0 Å². The maximum Gasteiger partial charge on any atom is 0.147 e. The molecule has 10 heteroatoms. The Morgan fingerprint density at radius 1 is 0.533 bits per heavy atom. The Bertz CT molecular complexity index is 1040. The van der Waals surface area contributed by atoms with Crippen molar-refractivity contribution in [2.75, 3.05) is 31.8 Å². The van der Waals surface area contributed by atoms with Crippen molar-refractivity contribution < 1.29 is 14.2 Å². The lowest BCUT2D eigenvalue weighted by Crippen LogP contribution is -2.18. The predicted octanol–water partition coefficient (Wildman–Crippen LogP) is 14.5.